The van der Waals surface area contributed by atoms with Crippen LogP contribution >= 0.6 is 0 Å². The molecule has 2 aromatic carbocycles. The second-order valence-electron chi connectivity index (χ2n) is 6.07. The van der Waals surface area contributed by atoms with Crippen LogP contribution in [0.3, 0.4) is 0 Å². The Kier molecular flexibility index (Phi) is 6.55. The molecule has 0 spiro atoms. The number of halogens is 1. The van der Waals surface area contributed by atoms with Gasteiger partial charge in [-0.25, -0.2) is 30.3 Å². The van der Waals surface area contributed by atoms with Crippen LogP contribution < -0.4 is 10.0 Å². The van der Waals surface area contributed by atoms with E-state index in [0.717, 1.165) is 16.4 Å². The first-order valence-corrected chi connectivity index (χ1v) is 10.9. The largest absolute Gasteiger partial charge is 0.325 e. The maximum absolute atomic E-state index is 13.6. The average Bonchev–Trinajstić information content (AvgIpc) is 2.61. The standard InChI is InChI=1S/C17H20FN3O5S2/c1-12-8-9-13(10-16(12)28(25,26)21(2)3)20-17(22)11-19-27(23,24)15-7-5-4-6-14(15)18/h4-10,19H,11H2,1-3H3,(H,20,22). The van der Waals surface area contributed by atoms with Crippen LogP contribution in [0.2, 0.25) is 0 Å². The summed E-state index contributed by atoms with van der Waals surface area (Å²) in [6.45, 7) is 0.963. The van der Waals surface area contributed by atoms with Crippen molar-refractivity contribution in [3.8, 4) is 0 Å². The van der Waals surface area contributed by atoms with Crippen LogP contribution in [0.25, 0.3) is 0 Å². The normalized spacial score (nSPS) is 12.2. The molecule has 28 heavy (non-hydrogen) atoms. The minimum atomic E-state index is -4.22. The van der Waals surface area contributed by atoms with Gasteiger partial charge in [-0.1, -0.05) is 18.2 Å². The van der Waals surface area contributed by atoms with Crippen molar-refractivity contribution in [2.45, 2.75) is 16.7 Å². The van der Waals surface area contributed by atoms with E-state index in [0.29, 0.717) is 5.56 Å². The van der Waals surface area contributed by atoms with Gasteiger partial charge in [-0.05, 0) is 36.8 Å². The number of sulfonamides is 2. The van der Waals surface area contributed by atoms with Gasteiger partial charge in [-0.3, -0.25) is 4.79 Å². The molecule has 8 nitrogen and oxygen atoms in total. The summed E-state index contributed by atoms with van der Waals surface area (Å²) in [6, 6.07) is 9.08. The molecule has 0 aliphatic rings. The van der Waals surface area contributed by atoms with Gasteiger partial charge in [0.25, 0.3) is 0 Å². The third-order valence-electron chi connectivity index (χ3n) is 3.78. The molecule has 0 aliphatic carbocycles. The van der Waals surface area contributed by atoms with Crippen LogP contribution in [0.15, 0.2) is 52.3 Å². The number of nitrogens with one attached hydrogen (secondary N) is 2. The van der Waals surface area contributed by atoms with Gasteiger partial charge in [0.05, 0.1) is 11.4 Å². The summed E-state index contributed by atoms with van der Waals surface area (Å²) in [5, 5.41) is 2.42. The number of hydrogen-bond acceptors (Lipinski definition) is 5. The fourth-order valence-electron chi connectivity index (χ4n) is 2.26. The summed E-state index contributed by atoms with van der Waals surface area (Å²) in [5.41, 5.74) is 0.674. The van der Waals surface area contributed by atoms with Gasteiger partial charge in [-0.15, -0.1) is 0 Å². The zero-order valence-electron chi connectivity index (χ0n) is 15.4. The summed E-state index contributed by atoms with van der Waals surface area (Å²) in [6.07, 6.45) is 0. The van der Waals surface area contributed by atoms with Crippen molar-refractivity contribution in [3.05, 3.63) is 53.8 Å². The molecule has 2 N–H and O–H groups in total. The molecule has 0 heterocycles. The van der Waals surface area contributed by atoms with E-state index in [2.05, 4.69) is 5.32 Å². The molecule has 2 aromatic rings. The minimum absolute atomic E-state index is 0.0160. The molecule has 0 aliphatic heterocycles. The third kappa shape index (κ3) is 4.93. The lowest BCUT2D eigenvalue weighted by Gasteiger charge is -2.15. The summed E-state index contributed by atoms with van der Waals surface area (Å²) in [5.74, 6) is -1.68. The number of benzene rings is 2. The minimum Gasteiger partial charge on any atom is -0.325 e. The van der Waals surface area contributed by atoms with E-state index in [9.17, 15) is 26.0 Å². The fraction of sp³-hybridized carbons (Fsp3) is 0.235. The second kappa shape index (κ2) is 8.35. The molecule has 0 fully saturated rings. The topological polar surface area (TPSA) is 113 Å². The van der Waals surface area contributed by atoms with Crippen LogP contribution in [0.5, 0.6) is 0 Å². The van der Waals surface area contributed by atoms with Crippen molar-refractivity contribution in [2.24, 2.45) is 0 Å². The van der Waals surface area contributed by atoms with Gasteiger partial charge in [-0.2, -0.15) is 0 Å². The molecule has 0 bridgehead atoms. The maximum Gasteiger partial charge on any atom is 0.243 e. The number of nitrogens with zero attached hydrogens (tertiary/aromatic N) is 1. The highest BCUT2D eigenvalue weighted by Crippen LogP contribution is 2.22. The Balaban J connectivity index is 2.13. The Labute approximate surface area is 163 Å². The zero-order chi connectivity index (χ0) is 21.1. The van der Waals surface area contributed by atoms with Crippen LogP contribution in [-0.4, -0.2) is 47.7 Å². The zero-order valence-corrected chi connectivity index (χ0v) is 17.1. The summed E-state index contributed by atoms with van der Waals surface area (Å²) < 4.78 is 65.5. The van der Waals surface area contributed by atoms with Crippen molar-refractivity contribution >= 4 is 31.6 Å². The number of carbonyl (C=O) groups excluding carboxylic acids is 1. The predicted molar refractivity (Wildman–Crippen MR) is 102 cm³/mol. The SMILES string of the molecule is Cc1ccc(NC(=O)CNS(=O)(=O)c2ccccc2F)cc1S(=O)(=O)N(C)C. The Bertz CT molecular complexity index is 1100. The Hall–Kier alpha value is -2.34. The van der Waals surface area contributed by atoms with E-state index in [1.54, 1.807) is 6.92 Å². The monoisotopic (exact) mass is 429 g/mol. The second-order valence-corrected chi connectivity index (χ2v) is 9.93. The molecule has 0 unspecified atom stereocenters. The van der Waals surface area contributed by atoms with E-state index in [4.69, 9.17) is 0 Å². The smallest absolute Gasteiger partial charge is 0.243 e. The maximum atomic E-state index is 13.6. The lowest BCUT2D eigenvalue weighted by atomic mass is 10.2. The first-order valence-electron chi connectivity index (χ1n) is 8.02. The fourth-order valence-corrected chi connectivity index (χ4v) is 4.46. The third-order valence-corrected chi connectivity index (χ3v) is 7.17. The van der Waals surface area contributed by atoms with Gasteiger partial charge >= 0.3 is 0 Å². The first-order chi connectivity index (χ1) is 12.9. The Morgan fingerprint density at radius 2 is 1.68 bits per heavy atom. The Morgan fingerprint density at radius 3 is 2.29 bits per heavy atom. The molecule has 0 radical (unpaired) electrons. The number of hydrogen-bond donors (Lipinski definition) is 2. The lowest BCUT2D eigenvalue weighted by molar-refractivity contribution is -0.115. The Morgan fingerprint density at radius 1 is 1.04 bits per heavy atom. The summed E-state index contributed by atoms with van der Waals surface area (Å²) in [7, 11) is -5.16. The number of amides is 1. The number of anilines is 1. The molecule has 0 saturated heterocycles. The molecule has 0 aromatic heterocycles. The summed E-state index contributed by atoms with van der Waals surface area (Å²) in [4.78, 5) is 11.5. The quantitative estimate of drug-likeness (QED) is 0.689. The van der Waals surface area contributed by atoms with Gasteiger partial charge in [0.2, 0.25) is 26.0 Å². The number of carbonyl (C=O) groups is 1. The van der Waals surface area contributed by atoms with E-state index >= 15 is 0 Å². The van der Waals surface area contributed by atoms with Crippen molar-refractivity contribution in [1.82, 2.24) is 9.03 Å². The van der Waals surface area contributed by atoms with E-state index in [-0.39, 0.29) is 10.6 Å². The highest BCUT2D eigenvalue weighted by molar-refractivity contribution is 7.89. The van der Waals surface area contributed by atoms with Crippen LogP contribution in [0, 0.1) is 12.7 Å². The van der Waals surface area contributed by atoms with Gasteiger partial charge in [0.15, 0.2) is 0 Å². The molecule has 152 valence electrons. The van der Waals surface area contributed by atoms with Crippen molar-refractivity contribution in [3.63, 3.8) is 0 Å². The number of rotatable bonds is 7. The predicted octanol–water partition coefficient (Wildman–Crippen LogP) is 1.30. The molecule has 0 atom stereocenters. The van der Waals surface area contributed by atoms with Crippen molar-refractivity contribution < 1.29 is 26.0 Å². The van der Waals surface area contributed by atoms with E-state index in [1.165, 1.54) is 44.4 Å². The van der Waals surface area contributed by atoms with E-state index in [1.807, 2.05) is 4.72 Å². The number of aryl methyl sites for hydroxylation is 1. The lowest BCUT2D eigenvalue weighted by Crippen LogP contribution is -2.33. The molecular formula is C17H20FN3O5S2. The van der Waals surface area contributed by atoms with Crippen molar-refractivity contribution in [1.29, 1.82) is 0 Å². The summed E-state index contributed by atoms with van der Waals surface area (Å²) >= 11 is 0. The van der Waals surface area contributed by atoms with Crippen LogP contribution in [0.1, 0.15) is 5.56 Å². The van der Waals surface area contributed by atoms with E-state index < -0.39 is 43.2 Å². The highest BCUT2D eigenvalue weighted by Gasteiger charge is 2.22. The van der Waals surface area contributed by atoms with Crippen LogP contribution in [-0.2, 0) is 24.8 Å². The highest BCUT2D eigenvalue weighted by atomic mass is 32.2. The molecular weight excluding hydrogens is 409 g/mol. The van der Waals surface area contributed by atoms with Gasteiger partial charge in [0, 0.05) is 19.8 Å². The average molecular weight is 429 g/mol. The van der Waals surface area contributed by atoms with Gasteiger partial charge in [0.1, 0.15) is 10.7 Å². The molecule has 11 heteroatoms. The van der Waals surface area contributed by atoms with Gasteiger partial charge < -0.3 is 5.32 Å². The molecule has 2 rings (SSSR count). The molecule has 0 saturated carbocycles. The molecule has 1 amide bonds. The first kappa shape index (κ1) is 22.0. The van der Waals surface area contributed by atoms with Crippen LogP contribution in [0.4, 0.5) is 10.1 Å². The van der Waals surface area contributed by atoms with Crippen molar-refractivity contribution in [2.75, 3.05) is 26.0 Å².